The van der Waals surface area contributed by atoms with Crippen LogP contribution in [-0.2, 0) is 53.3 Å². The van der Waals surface area contributed by atoms with E-state index >= 15 is 0 Å². The molecule has 0 amide bonds. The topological polar surface area (TPSA) is 287 Å². The number of nitrogens with one attached hydrogen (secondary N) is 2. The number of aromatic nitrogens is 4. The average Bonchev–Trinajstić information content (AvgIpc) is 3.43. The Balaban J connectivity index is -0.000000209. The quantitative estimate of drug-likeness (QED) is 0.0989. The maximum absolute atomic E-state index is 10.5. The summed E-state index contributed by atoms with van der Waals surface area (Å²) in [5.41, 5.74) is 2.21. The van der Waals surface area contributed by atoms with Gasteiger partial charge in [-0.05, 0) is 13.8 Å². The number of aryl methyl sites for hydroxylation is 2. The Morgan fingerprint density at radius 3 is 1.10 bits per heavy atom. The molecule has 0 fully saturated rings. The summed E-state index contributed by atoms with van der Waals surface area (Å²) in [4.78, 5) is 57.6. The second-order valence-corrected chi connectivity index (χ2v) is 9.72. The molecule has 0 saturated carbocycles. The van der Waals surface area contributed by atoms with Crippen LogP contribution >= 0.6 is 21.6 Å². The number of aromatic amines is 2. The van der Waals surface area contributed by atoms with Crippen LogP contribution in [0.15, 0.2) is 25.0 Å². The van der Waals surface area contributed by atoms with Crippen molar-refractivity contribution in [3.63, 3.8) is 0 Å². The number of hydrogen-bond acceptors (Lipinski definition) is 14. The third-order valence-electron chi connectivity index (χ3n) is 3.75. The molecular formula is C20H32Cu2N6O10S2. The van der Waals surface area contributed by atoms with Gasteiger partial charge in [0, 0.05) is 74.6 Å². The van der Waals surface area contributed by atoms with E-state index in [-0.39, 0.29) is 58.2 Å². The third-order valence-corrected chi connectivity index (χ3v) is 6.11. The van der Waals surface area contributed by atoms with Crippen molar-refractivity contribution >= 4 is 45.5 Å². The fourth-order valence-electron chi connectivity index (χ4n) is 2.26. The monoisotopic (exact) mass is 706 g/mol. The summed E-state index contributed by atoms with van der Waals surface area (Å²) in [6.07, 6.45) is 6.88. The molecule has 2 aromatic rings. The first-order chi connectivity index (χ1) is 17.0. The zero-order valence-electron chi connectivity index (χ0n) is 21.4. The summed E-state index contributed by atoms with van der Waals surface area (Å²) in [6.45, 7) is 2.20. The average molecular weight is 708 g/mol. The van der Waals surface area contributed by atoms with Crippen molar-refractivity contribution in [1.29, 1.82) is 0 Å². The zero-order chi connectivity index (χ0) is 27.3. The van der Waals surface area contributed by atoms with E-state index in [1.165, 1.54) is 21.6 Å². The van der Waals surface area contributed by atoms with Crippen molar-refractivity contribution in [2.75, 3.05) is 50.8 Å². The Morgan fingerprint density at radius 1 is 0.675 bits per heavy atom. The van der Waals surface area contributed by atoms with Crippen LogP contribution in [0.25, 0.3) is 0 Å². The van der Waals surface area contributed by atoms with Gasteiger partial charge in [-0.3, -0.25) is 9.80 Å². The summed E-state index contributed by atoms with van der Waals surface area (Å²) >= 11 is 0. The number of imidazole rings is 2. The minimum absolute atomic E-state index is 0. The van der Waals surface area contributed by atoms with Crippen molar-refractivity contribution in [1.82, 2.24) is 29.7 Å². The van der Waals surface area contributed by atoms with Gasteiger partial charge in [0.05, 0.1) is 36.5 Å². The normalized spacial score (nSPS) is 9.20. The van der Waals surface area contributed by atoms with Crippen LogP contribution in [0, 0.1) is 13.8 Å². The molecule has 0 spiro atoms. The molecule has 0 unspecified atom stereocenters. The van der Waals surface area contributed by atoms with Crippen molar-refractivity contribution < 1.29 is 84.7 Å². The molecular weight excluding hydrogens is 675 g/mol. The molecule has 0 aromatic carbocycles. The van der Waals surface area contributed by atoms with E-state index in [1.807, 2.05) is 13.8 Å². The van der Waals surface area contributed by atoms with Crippen molar-refractivity contribution in [2.24, 2.45) is 0 Å². The predicted molar refractivity (Wildman–Crippen MR) is 132 cm³/mol. The molecule has 2 radical (unpaired) electrons. The molecule has 0 aliphatic rings. The molecule has 2 rings (SSSR count). The van der Waals surface area contributed by atoms with E-state index in [0.29, 0.717) is 11.5 Å². The molecule has 2 heterocycles. The van der Waals surface area contributed by atoms with Crippen LogP contribution in [0.3, 0.4) is 0 Å². The Labute approximate surface area is 260 Å². The van der Waals surface area contributed by atoms with Gasteiger partial charge in [0.2, 0.25) is 0 Å². The van der Waals surface area contributed by atoms with Gasteiger partial charge in [-0.25, -0.2) is 9.97 Å². The van der Waals surface area contributed by atoms with Gasteiger partial charge in [-0.1, -0.05) is 21.6 Å². The van der Waals surface area contributed by atoms with E-state index < -0.39 is 50.1 Å². The molecule has 0 aliphatic heterocycles. The number of carbonyl (C=O) groups excluding carboxylic acids is 4. The van der Waals surface area contributed by atoms with E-state index in [4.69, 9.17) is 0 Å². The summed E-state index contributed by atoms with van der Waals surface area (Å²) in [5, 5.41) is 42.0. The second-order valence-electron chi connectivity index (χ2n) is 7.02. The molecule has 0 saturated heterocycles. The molecule has 16 nitrogen and oxygen atoms in total. The number of aliphatic carboxylic acids is 4. The van der Waals surface area contributed by atoms with Gasteiger partial charge < -0.3 is 60.5 Å². The molecule has 2 aromatic heterocycles. The molecule has 0 aliphatic carbocycles. The van der Waals surface area contributed by atoms with E-state index in [1.54, 1.807) is 25.0 Å². The molecule has 0 atom stereocenters. The Bertz CT molecular complexity index is 794. The number of hydrogen-bond donors (Lipinski definition) is 2. The summed E-state index contributed by atoms with van der Waals surface area (Å²) in [6, 6.07) is 0. The second kappa shape index (κ2) is 29.9. The molecule has 20 heteroatoms. The first-order valence-corrected chi connectivity index (χ1v) is 12.9. The summed E-state index contributed by atoms with van der Waals surface area (Å²) < 4.78 is 0. The van der Waals surface area contributed by atoms with Crippen LogP contribution < -0.4 is 20.4 Å². The van der Waals surface area contributed by atoms with Gasteiger partial charge >= 0.3 is 34.1 Å². The number of nitrogens with zero attached hydrogens (tertiary/aromatic N) is 4. The van der Waals surface area contributed by atoms with Crippen molar-refractivity contribution in [3.05, 3.63) is 36.4 Å². The van der Waals surface area contributed by atoms with Crippen molar-refractivity contribution in [2.45, 2.75) is 13.8 Å². The van der Waals surface area contributed by atoms with E-state index in [2.05, 4.69) is 19.9 Å². The summed E-state index contributed by atoms with van der Waals surface area (Å²) in [7, 11) is 2.62. The number of H-pyrrole nitrogens is 2. The van der Waals surface area contributed by atoms with Gasteiger partial charge in [-0.2, -0.15) is 0 Å². The zero-order valence-corrected chi connectivity index (χ0v) is 25.0. The maximum atomic E-state index is 10.5. The van der Waals surface area contributed by atoms with Crippen molar-refractivity contribution in [3.8, 4) is 0 Å². The molecule has 0 bridgehead atoms. The fourth-order valence-corrected chi connectivity index (χ4v) is 4.32. The van der Waals surface area contributed by atoms with Crippen LogP contribution in [0.1, 0.15) is 11.4 Å². The predicted octanol–water partition coefficient (Wildman–Crippen LogP) is -6.25. The van der Waals surface area contributed by atoms with Gasteiger partial charge in [0.25, 0.3) is 0 Å². The number of rotatable bonds is 15. The first-order valence-electron chi connectivity index (χ1n) is 10.4. The molecule has 6 N–H and O–H groups in total. The standard InChI is InChI=1S/C12H20N2O8S2.2C4H6N2.2Cu.2H2O/c15-9(16)5-13(6-10(17)18)1-3-23-24-4-2-14(7-11(19)20)8-12(21)22;2*1-4-2-5-3-6-4;;;;/h1-8H2,(H,15,16)(H,17,18)(H,19,20)(H,21,22);2*2-3H,1H3,(H,5,6);;;2*1H2/q;;;2*+2;;/p-4. The van der Waals surface area contributed by atoms with Crippen LogP contribution in [0.4, 0.5) is 0 Å². The van der Waals surface area contributed by atoms with Crippen LogP contribution in [-0.4, -0.2) is 115 Å². The van der Waals surface area contributed by atoms with Gasteiger partial charge in [0.15, 0.2) is 0 Å². The Morgan fingerprint density at radius 2 is 0.950 bits per heavy atom. The Hall–Kier alpha value is -2.12. The molecule has 236 valence electrons. The minimum atomic E-state index is -1.39. The van der Waals surface area contributed by atoms with Crippen LogP contribution in [0.2, 0.25) is 0 Å². The number of carboxylic acid groups (broad SMARTS) is 4. The van der Waals surface area contributed by atoms with Gasteiger partial charge in [0.1, 0.15) is 0 Å². The van der Waals surface area contributed by atoms with E-state index in [0.717, 1.165) is 21.2 Å². The smallest absolute Gasteiger partial charge is 0.549 e. The summed E-state index contributed by atoms with van der Waals surface area (Å²) in [5.74, 6) is -4.76. The van der Waals surface area contributed by atoms with Gasteiger partial charge in [-0.15, -0.1) is 0 Å². The minimum Gasteiger partial charge on any atom is -0.549 e. The Kier molecular flexibility index (Phi) is 35.6. The maximum Gasteiger partial charge on any atom is 2.00 e. The van der Waals surface area contributed by atoms with Crippen LogP contribution in [0.5, 0.6) is 0 Å². The number of carbonyl (C=O) groups is 4. The third kappa shape index (κ3) is 32.1. The SMILES string of the molecule is Cc1cnc[nH]1.Cc1cnc[nH]1.O.O.O=C([O-])CN(CCSSCCN(CC(=O)[O-])CC(=O)[O-])CC(=O)[O-].[Cu+2].[Cu+2]. The fraction of sp³-hybridized carbons (Fsp3) is 0.500. The largest absolute Gasteiger partial charge is 2.00 e. The first kappa shape index (κ1) is 47.7. The molecule has 40 heavy (non-hydrogen) atoms. The number of carboxylic acids is 4. The van der Waals surface area contributed by atoms with E-state index in [9.17, 15) is 39.6 Å².